The molecule has 0 saturated carbocycles. The van der Waals surface area contributed by atoms with Gasteiger partial charge < -0.3 is 10.1 Å². The summed E-state index contributed by atoms with van der Waals surface area (Å²) in [4.78, 5) is 9.03. The van der Waals surface area contributed by atoms with Gasteiger partial charge in [-0.1, -0.05) is 11.3 Å². The van der Waals surface area contributed by atoms with E-state index in [9.17, 15) is 0 Å². The predicted molar refractivity (Wildman–Crippen MR) is 89.6 cm³/mol. The van der Waals surface area contributed by atoms with E-state index in [4.69, 9.17) is 4.74 Å². The van der Waals surface area contributed by atoms with Gasteiger partial charge in [-0.05, 0) is 39.0 Å². The predicted octanol–water partition coefficient (Wildman–Crippen LogP) is 4.50. The lowest BCUT2D eigenvalue weighted by atomic mass is 10.1. The zero-order chi connectivity index (χ0) is 14.9. The minimum absolute atomic E-state index is 0.231. The Labute approximate surface area is 131 Å². The third-order valence-electron chi connectivity index (χ3n) is 3.06. The molecule has 110 valence electrons. The van der Waals surface area contributed by atoms with Gasteiger partial charge in [-0.2, -0.15) is 0 Å². The van der Waals surface area contributed by atoms with Crippen LogP contribution in [-0.4, -0.2) is 16.6 Å². The highest BCUT2D eigenvalue weighted by molar-refractivity contribution is 7.22. The average molecular weight is 319 g/mol. The number of fused-ring (bicyclic) bond motifs is 1. The second-order valence-corrected chi connectivity index (χ2v) is 7.09. The van der Waals surface area contributed by atoms with E-state index in [2.05, 4.69) is 29.1 Å². The minimum atomic E-state index is -0.231. The standard InChI is InChI=1S/C15H17N3OS2/c1-4-19-10-5-6-11-12(9-10)21-14(17-11)18-15(2,3)13-16-7-8-20-13/h5-9H,4H2,1-3H3,(H,17,18). The van der Waals surface area contributed by atoms with Gasteiger partial charge in [0, 0.05) is 11.6 Å². The summed E-state index contributed by atoms with van der Waals surface area (Å²) in [6.07, 6.45) is 1.83. The van der Waals surface area contributed by atoms with E-state index in [-0.39, 0.29) is 5.54 Å². The van der Waals surface area contributed by atoms with Crippen molar-refractivity contribution in [1.82, 2.24) is 9.97 Å². The monoisotopic (exact) mass is 319 g/mol. The molecule has 0 saturated heterocycles. The summed E-state index contributed by atoms with van der Waals surface area (Å²) in [6, 6.07) is 6.00. The molecule has 0 bridgehead atoms. The van der Waals surface area contributed by atoms with Crippen molar-refractivity contribution in [3.63, 3.8) is 0 Å². The Morgan fingerprint density at radius 3 is 2.90 bits per heavy atom. The van der Waals surface area contributed by atoms with Gasteiger partial charge in [0.25, 0.3) is 0 Å². The molecule has 3 rings (SSSR count). The molecule has 0 aliphatic rings. The molecule has 4 nitrogen and oxygen atoms in total. The molecular weight excluding hydrogens is 302 g/mol. The summed E-state index contributed by atoms with van der Waals surface area (Å²) < 4.78 is 6.66. The molecule has 0 unspecified atom stereocenters. The fraction of sp³-hybridized carbons (Fsp3) is 0.333. The Morgan fingerprint density at radius 2 is 2.19 bits per heavy atom. The van der Waals surface area contributed by atoms with Crippen molar-refractivity contribution < 1.29 is 4.74 Å². The van der Waals surface area contributed by atoms with Crippen LogP contribution in [0.25, 0.3) is 10.2 Å². The number of rotatable bonds is 5. The van der Waals surface area contributed by atoms with E-state index in [1.807, 2.05) is 36.7 Å². The average Bonchev–Trinajstić information content (AvgIpc) is 3.06. The molecule has 0 aliphatic carbocycles. The molecular formula is C15H17N3OS2. The summed E-state index contributed by atoms with van der Waals surface area (Å²) in [5.41, 5.74) is 0.756. The Bertz CT molecular complexity index is 735. The Hall–Kier alpha value is -1.66. The first-order valence-corrected chi connectivity index (χ1v) is 8.49. The van der Waals surface area contributed by atoms with Crippen LogP contribution in [0.15, 0.2) is 29.8 Å². The number of nitrogens with one attached hydrogen (secondary N) is 1. The number of aromatic nitrogens is 2. The van der Waals surface area contributed by atoms with Crippen LogP contribution in [0, 0.1) is 0 Å². The van der Waals surface area contributed by atoms with Crippen molar-refractivity contribution in [2.75, 3.05) is 11.9 Å². The Kier molecular flexibility index (Phi) is 3.82. The first-order valence-electron chi connectivity index (χ1n) is 6.80. The number of thiazole rings is 2. The number of nitrogens with zero attached hydrogens (tertiary/aromatic N) is 2. The third-order valence-corrected chi connectivity index (χ3v) is 5.09. The molecule has 0 atom stereocenters. The highest BCUT2D eigenvalue weighted by atomic mass is 32.1. The van der Waals surface area contributed by atoms with Gasteiger partial charge in [-0.25, -0.2) is 9.97 Å². The van der Waals surface area contributed by atoms with E-state index in [1.54, 1.807) is 22.7 Å². The number of anilines is 1. The van der Waals surface area contributed by atoms with Crippen molar-refractivity contribution in [2.24, 2.45) is 0 Å². The number of hydrogen-bond acceptors (Lipinski definition) is 6. The number of hydrogen-bond donors (Lipinski definition) is 1. The van der Waals surface area contributed by atoms with Crippen LogP contribution >= 0.6 is 22.7 Å². The molecule has 2 aromatic heterocycles. The van der Waals surface area contributed by atoms with E-state index >= 15 is 0 Å². The molecule has 6 heteroatoms. The minimum Gasteiger partial charge on any atom is -0.494 e. The van der Waals surface area contributed by atoms with Crippen LogP contribution in [0.5, 0.6) is 5.75 Å². The van der Waals surface area contributed by atoms with Gasteiger partial charge in [-0.3, -0.25) is 0 Å². The Balaban J connectivity index is 1.87. The lowest BCUT2D eigenvalue weighted by molar-refractivity contribution is 0.341. The summed E-state index contributed by atoms with van der Waals surface area (Å²) in [5, 5.41) is 7.42. The smallest absolute Gasteiger partial charge is 0.184 e. The molecule has 0 radical (unpaired) electrons. The molecule has 2 heterocycles. The van der Waals surface area contributed by atoms with E-state index in [1.165, 1.54) is 0 Å². The van der Waals surface area contributed by atoms with Crippen LogP contribution < -0.4 is 10.1 Å². The first-order chi connectivity index (χ1) is 10.1. The molecule has 0 spiro atoms. The molecule has 1 N–H and O–H groups in total. The summed E-state index contributed by atoms with van der Waals surface area (Å²) >= 11 is 3.28. The van der Waals surface area contributed by atoms with Crippen molar-refractivity contribution in [3.8, 4) is 5.75 Å². The highest BCUT2D eigenvalue weighted by Crippen LogP contribution is 2.33. The van der Waals surface area contributed by atoms with E-state index < -0.39 is 0 Å². The van der Waals surface area contributed by atoms with Crippen LogP contribution in [0.1, 0.15) is 25.8 Å². The van der Waals surface area contributed by atoms with E-state index in [0.29, 0.717) is 6.61 Å². The second kappa shape index (κ2) is 5.61. The largest absolute Gasteiger partial charge is 0.494 e. The van der Waals surface area contributed by atoms with Crippen molar-refractivity contribution in [1.29, 1.82) is 0 Å². The van der Waals surface area contributed by atoms with Gasteiger partial charge in [0.15, 0.2) is 5.13 Å². The molecule has 0 amide bonds. The molecule has 3 aromatic rings. The van der Waals surface area contributed by atoms with Crippen molar-refractivity contribution >= 4 is 38.0 Å². The summed E-state index contributed by atoms with van der Waals surface area (Å²) in [5.74, 6) is 0.888. The maximum atomic E-state index is 5.53. The Morgan fingerprint density at radius 1 is 1.33 bits per heavy atom. The van der Waals surface area contributed by atoms with E-state index in [0.717, 1.165) is 26.1 Å². The third kappa shape index (κ3) is 3.01. The van der Waals surface area contributed by atoms with Gasteiger partial charge >= 0.3 is 0 Å². The van der Waals surface area contributed by atoms with Crippen molar-refractivity contribution in [2.45, 2.75) is 26.3 Å². The summed E-state index contributed by atoms with van der Waals surface area (Å²) in [7, 11) is 0. The maximum Gasteiger partial charge on any atom is 0.184 e. The van der Waals surface area contributed by atoms with Crippen LogP contribution in [0.3, 0.4) is 0 Å². The van der Waals surface area contributed by atoms with Gasteiger partial charge in [0.05, 0.1) is 22.4 Å². The fourth-order valence-electron chi connectivity index (χ4n) is 2.07. The quantitative estimate of drug-likeness (QED) is 0.752. The number of benzene rings is 1. The zero-order valence-corrected chi connectivity index (χ0v) is 13.8. The first kappa shape index (κ1) is 14.3. The molecule has 0 aliphatic heterocycles. The van der Waals surface area contributed by atoms with Crippen LogP contribution in [-0.2, 0) is 5.54 Å². The molecule has 21 heavy (non-hydrogen) atoms. The lowest BCUT2D eigenvalue weighted by Gasteiger charge is -2.23. The van der Waals surface area contributed by atoms with Gasteiger partial charge in [0.1, 0.15) is 10.8 Å². The van der Waals surface area contributed by atoms with Crippen molar-refractivity contribution in [3.05, 3.63) is 34.8 Å². The van der Waals surface area contributed by atoms with Gasteiger partial charge in [-0.15, -0.1) is 11.3 Å². The molecule has 1 aromatic carbocycles. The number of ether oxygens (including phenoxy) is 1. The van der Waals surface area contributed by atoms with Crippen LogP contribution in [0.2, 0.25) is 0 Å². The van der Waals surface area contributed by atoms with Crippen LogP contribution in [0.4, 0.5) is 5.13 Å². The second-order valence-electron chi connectivity index (χ2n) is 5.17. The topological polar surface area (TPSA) is 47.0 Å². The van der Waals surface area contributed by atoms with Gasteiger partial charge in [0.2, 0.25) is 0 Å². The zero-order valence-electron chi connectivity index (χ0n) is 12.2. The SMILES string of the molecule is CCOc1ccc2nc(NC(C)(C)c3nccs3)sc2c1. The molecule has 0 fully saturated rings. The summed E-state index contributed by atoms with van der Waals surface area (Å²) in [6.45, 7) is 6.89. The normalized spacial score (nSPS) is 11.8. The highest BCUT2D eigenvalue weighted by Gasteiger charge is 2.24. The lowest BCUT2D eigenvalue weighted by Crippen LogP contribution is -2.27. The fourth-order valence-corrected chi connectivity index (χ4v) is 3.84. The maximum absolute atomic E-state index is 5.53.